The van der Waals surface area contributed by atoms with Crippen LogP contribution < -0.4 is 10.6 Å². The monoisotopic (exact) mass is 236 g/mol. The number of rotatable bonds is 4. The summed E-state index contributed by atoms with van der Waals surface area (Å²) in [6.45, 7) is 5.20. The Morgan fingerprint density at radius 3 is 3.00 bits per heavy atom. The van der Waals surface area contributed by atoms with E-state index in [0.29, 0.717) is 5.92 Å². The van der Waals surface area contributed by atoms with Gasteiger partial charge in [-0.3, -0.25) is 0 Å². The topological polar surface area (TPSA) is 24.1 Å². The van der Waals surface area contributed by atoms with Crippen molar-refractivity contribution in [3.63, 3.8) is 0 Å². The van der Waals surface area contributed by atoms with E-state index >= 15 is 0 Å². The lowest BCUT2D eigenvalue weighted by molar-refractivity contribution is 0.346. The van der Waals surface area contributed by atoms with Crippen LogP contribution in [0.2, 0.25) is 0 Å². The molecule has 1 unspecified atom stereocenters. The summed E-state index contributed by atoms with van der Waals surface area (Å²) in [6, 6.07) is 7.08. The summed E-state index contributed by atoms with van der Waals surface area (Å²) < 4.78 is 13.6. The molecule has 3 heteroatoms. The first-order chi connectivity index (χ1) is 8.27. The summed E-state index contributed by atoms with van der Waals surface area (Å²) in [5.74, 6) is 0.562. The van der Waals surface area contributed by atoms with Crippen molar-refractivity contribution in [1.82, 2.24) is 10.6 Å². The molecule has 1 aromatic carbocycles. The maximum absolute atomic E-state index is 13.6. The van der Waals surface area contributed by atoms with Crippen molar-refractivity contribution >= 4 is 0 Å². The molecule has 17 heavy (non-hydrogen) atoms. The Hall–Kier alpha value is -0.930. The first-order valence-corrected chi connectivity index (χ1v) is 6.46. The molecule has 1 fully saturated rings. The first-order valence-electron chi connectivity index (χ1n) is 6.46. The van der Waals surface area contributed by atoms with E-state index in [1.807, 2.05) is 19.1 Å². The average Bonchev–Trinajstić information content (AvgIpc) is 2.38. The van der Waals surface area contributed by atoms with Gasteiger partial charge in [-0.05, 0) is 51.4 Å². The Bertz CT molecular complexity index is 348. The summed E-state index contributed by atoms with van der Waals surface area (Å²) in [4.78, 5) is 0. The second-order valence-electron chi connectivity index (χ2n) is 4.86. The fourth-order valence-corrected chi connectivity index (χ4v) is 2.38. The quantitative estimate of drug-likeness (QED) is 0.839. The van der Waals surface area contributed by atoms with Crippen LogP contribution in [-0.2, 0) is 0 Å². The lowest BCUT2D eigenvalue weighted by Crippen LogP contribution is -2.36. The zero-order valence-corrected chi connectivity index (χ0v) is 10.4. The first kappa shape index (κ1) is 12.5. The molecule has 2 N–H and O–H groups in total. The number of hydrogen-bond donors (Lipinski definition) is 2. The molecule has 0 radical (unpaired) electrons. The predicted molar refractivity (Wildman–Crippen MR) is 68.4 cm³/mol. The number of benzene rings is 1. The van der Waals surface area contributed by atoms with E-state index in [1.54, 1.807) is 6.07 Å². The Labute approximate surface area is 103 Å². The Kier molecular flexibility index (Phi) is 4.51. The standard InChI is InChI=1S/C14H21FN2/c1-11(13-6-2-3-7-14(13)15)17-10-12-5-4-8-16-9-12/h2-3,6-7,11-12,16-17H,4-5,8-10H2,1H3/t11-,12?/m1/s1. The third-order valence-electron chi connectivity index (χ3n) is 3.48. The van der Waals surface area contributed by atoms with Crippen LogP contribution in [0.15, 0.2) is 24.3 Å². The smallest absolute Gasteiger partial charge is 0.127 e. The molecule has 2 nitrogen and oxygen atoms in total. The van der Waals surface area contributed by atoms with Crippen molar-refractivity contribution < 1.29 is 4.39 Å². The van der Waals surface area contributed by atoms with Crippen molar-refractivity contribution in [3.8, 4) is 0 Å². The molecule has 1 aliphatic rings. The van der Waals surface area contributed by atoms with Gasteiger partial charge in [-0.1, -0.05) is 18.2 Å². The minimum atomic E-state index is -0.116. The molecule has 0 bridgehead atoms. The molecule has 0 saturated carbocycles. The molecule has 94 valence electrons. The van der Waals surface area contributed by atoms with E-state index in [2.05, 4.69) is 10.6 Å². The SMILES string of the molecule is C[C@@H](NCC1CCCNC1)c1ccccc1F. The van der Waals surface area contributed by atoms with E-state index in [1.165, 1.54) is 18.9 Å². The van der Waals surface area contributed by atoms with Crippen molar-refractivity contribution in [2.24, 2.45) is 5.92 Å². The van der Waals surface area contributed by atoms with Crippen LogP contribution in [0.25, 0.3) is 0 Å². The number of halogens is 1. The van der Waals surface area contributed by atoms with Crippen LogP contribution in [-0.4, -0.2) is 19.6 Å². The van der Waals surface area contributed by atoms with Crippen LogP contribution in [0, 0.1) is 11.7 Å². The molecule has 1 heterocycles. The van der Waals surface area contributed by atoms with Gasteiger partial charge in [0.15, 0.2) is 0 Å². The largest absolute Gasteiger partial charge is 0.316 e. The molecule has 0 aromatic heterocycles. The molecule has 1 aromatic rings. The van der Waals surface area contributed by atoms with Crippen molar-refractivity contribution in [1.29, 1.82) is 0 Å². The second kappa shape index (κ2) is 6.12. The Morgan fingerprint density at radius 1 is 1.47 bits per heavy atom. The molecule has 1 saturated heterocycles. The lowest BCUT2D eigenvalue weighted by atomic mass is 9.99. The van der Waals surface area contributed by atoms with Gasteiger partial charge in [-0.25, -0.2) is 4.39 Å². The normalized spacial score (nSPS) is 22.4. The van der Waals surface area contributed by atoms with Crippen LogP contribution in [0.4, 0.5) is 4.39 Å². The highest BCUT2D eigenvalue weighted by molar-refractivity contribution is 5.20. The summed E-state index contributed by atoms with van der Waals surface area (Å²) in [7, 11) is 0. The second-order valence-corrected chi connectivity index (χ2v) is 4.86. The van der Waals surface area contributed by atoms with Gasteiger partial charge in [0.2, 0.25) is 0 Å². The maximum Gasteiger partial charge on any atom is 0.127 e. The van der Waals surface area contributed by atoms with Gasteiger partial charge in [0.05, 0.1) is 0 Å². The number of nitrogens with one attached hydrogen (secondary N) is 2. The molecule has 0 amide bonds. The van der Waals surface area contributed by atoms with Gasteiger partial charge < -0.3 is 10.6 Å². The van der Waals surface area contributed by atoms with Gasteiger partial charge in [0, 0.05) is 11.6 Å². The van der Waals surface area contributed by atoms with Gasteiger partial charge in [0.25, 0.3) is 0 Å². The fraction of sp³-hybridized carbons (Fsp3) is 0.571. The molecule has 2 rings (SSSR count). The number of hydrogen-bond acceptors (Lipinski definition) is 2. The van der Waals surface area contributed by atoms with Crippen LogP contribution in [0.1, 0.15) is 31.4 Å². The predicted octanol–water partition coefficient (Wildman–Crippen LogP) is 2.48. The zero-order chi connectivity index (χ0) is 12.1. The molecule has 1 aliphatic heterocycles. The van der Waals surface area contributed by atoms with Crippen molar-refractivity contribution in [3.05, 3.63) is 35.6 Å². The summed E-state index contributed by atoms with van der Waals surface area (Å²) >= 11 is 0. The average molecular weight is 236 g/mol. The van der Waals surface area contributed by atoms with Crippen LogP contribution in [0.3, 0.4) is 0 Å². The molecule has 0 aliphatic carbocycles. The van der Waals surface area contributed by atoms with Crippen LogP contribution >= 0.6 is 0 Å². The third kappa shape index (κ3) is 3.51. The van der Waals surface area contributed by atoms with E-state index < -0.39 is 0 Å². The molecular formula is C14H21FN2. The van der Waals surface area contributed by atoms with Crippen molar-refractivity contribution in [2.45, 2.75) is 25.8 Å². The number of piperidine rings is 1. The highest BCUT2D eigenvalue weighted by atomic mass is 19.1. The van der Waals surface area contributed by atoms with E-state index in [0.717, 1.165) is 25.2 Å². The lowest BCUT2D eigenvalue weighted by Gasteiger charge is -2.25. The molecule has 0 spiro atoms. The highest BCUT2D eigenvalue weighted by Gasteiger charge is 2.15. The van der Waals surface area contributed by atoms with Crippen LogP contribution in [0.5, 0.6) is 0 Å². The van der Waals surface area contributed by atoms with Gasteiger partial charge >= 0.3 is 0 Å². The maximum atomic E-state index is 13.6. The van der Waals surface area contributed by atoms with E-state index in [-0.39, 0.29) is 11.9 Å². The molecule has 2 atom stereocenters. The minimum Gasteiger partial charge on any atom is -0.316 e. The third-order valence-corrected chi connectivity index (χ3v) is 3.48. The Balaban J connectivity index is 1.84. The van der Waals surface area contributed by atoms with Crippen molar-refractivity contribution in [2.75, 3.05) is 19.6 Å². The fourth-order valence-electron chi connectivity index (χ4n) is 2.38. The summed E-state index contributed by atoms with van der Waals surface area (Å²) in [5, 5.41) is 6.83. The van der Waals surface area contributed by atoms with Gasteiger partial charge in [-0.15, -0.1) is 0 Å². The highest BCUT2D eigenvalue weighted by Crippen LogP contribution is 2.17. The zero-order valence-electron chi connectivity index (χ0n) is 10.4. The minimum absolute atomic E-state index is 0.0816. The Morgan fingerprint density at radius 2 is 2.29 bits per heavy atom. The van der Waals surface area contributed by atoms with E-state index in [4.69, 9.17) is 0 Å². The van der Waals surface area contributed by atoms with Gasteiger partial charge in [0.1, 0.15) is 5.82 Å². The molecular weight excluding hydrogens is 215 g/mol. The van der Waals surface area contributed by atoms with Gasteiger partial charge in [-0.2, -0.15) is 0 Å². The summed E-state index contributed by atoms with van der Waals surface area (Å²) in [5.41, 5.74) is 0.760. The van der Waals surface area contributed by atoms with E-state index in [9.17, 15) is 4.39 Å². The summed E-state index contributed by atoms with van der Waals surface area (Å²) in [6.07, 6.45) is 2.52.